The molecule has 116 valence electrons. The Labute approximate surface area is 137 Å². The fourth-order valence-electron chi connectivity index (χ4n) is 1.89. The highest BCUT2D eigenvalue weighted by Gasteiger charge is 2.11. The molecule has 0 fully saturated rings. The van der Waals surface area contributed by atoms with Crippen LogP contribution in [0.5, 0.6) is 11.5 Å². The first kappa shape index (κ1) is 16.2. The molecule has 0 aliphatic rings. The van der Waals surface area contributed by atoms with Crippen LogP contribution < -0.4 is 20.1 Å². The van der Waals surface area contributed by atoms with Crippen molar-refractivity contribution in [3.05, 3.63) is 52.5 Å². The number of halogens is 1. The van der Waals surface area contributed by atoms with E-state index in [1.165, 1.54) is 0 Å². The predicted molar refractivity (Wildman–Crippen MR) is 89.5 cm³/mol. The summed E-state index contributed by atoms with van der Waals surface area (Å²) < 4.78 is 11.1. The summed E-state index contributed by atoms with van der Waals surface area (Å²) in [4.78, 5) is 12.0. The van der Waals surface area contributed by atoms with Gasteiger partial charge in [0.25, 0.3) is 0 Å². The van der Waals surface area contributed by atoms with Crippen molar-refractivity contribution in [1.82, 2.24) is 5.32 Å². The lowest BCUT2D eigenvalue weighted by Crippen LogP contribution is -2.28. The summed E-state index contributed by atoms with van der Waals surface area (Å²) in [6.07, 6.45) is 0. The minimum Gasteiger partial charge on any atom is -0.493 e. The number of rotatable bonds is 5. The molecule has 2 rings (SSSR count). The maximum Gasteiger partial charge on any atom is 0.319 e. The molecular weight excluding hydrogens is 348 g/mol. The Bertz CT molecular complexity index is 647. The maximum atomic E-state index is 12.0. The van der Waals surface area contributed by atoms with Crippen molar-refractivity contribution in [2.75, 3.05) is 19.5 Å². The van der Waals surface area contributed by atoms with Gasteiger partial charge in [0.1, 0.15) is 0 Å². The molecule has 0 aromatic heterocycles. The average molecular weight is 365 g/mol. The molecule has 2 aromatic rings. The molecule has 0 saturated heterocycles. The summed E-state index contributed by atoms with van der Waals surface area (Å²) in [6.45, 7) is 0.456. The minimum atomic E-state index is -0.295. The van der Waals surface area contributed by atoms with E-state index in [4.69, 9.17) is 9.47 Å². The normalized spacial score (nSPS) is 9.95. The van der Waals surface area contributed by atoms with Crippen LogP contribution in [0.2, 0.25) is 0 Å². The highest BCUT2D eigenvalue weighted by molar-refractivity contribution is 9.10. The number of methoxy groups -OCH3 is 2. The van der Waals surface area contributed by atoms with Crippen LogP contribution in [0.3, 0.4) is 0 Å². The Morgan fingerprint density at radius 1 is 1.09 bits per heavy atom. The van der Waals surface area contributed by atoms with E-state index in [2.05, 4.69) is 26.6 Å². The Morgan fingerprint density at radius 2 is 1.73 bits per heavy atom. The highest BCUT2D eigenvalue weighted by atomic mass is 79.9. The molecule has 0 radical (unpaired) electrons. The van der Waals surface area contributed by atoms with Gasteiger partial charge in [0.05, 0.1) is 19.9 Å². The van der Waals surface area contributed by atoms with Gasteiger partial charge in [0.2, 0.25) is 0 Å². The number of anilines is 1. The first-order valence-electron chi connectivity index (χ1n) is 6.64. The lowest BCUT2D eigenvalue weighted by Gasteiger charge is -2.13. The van der Waals surface area contributed by atoms with Gasteiger partial charge < -0.3 is 20.1 Å². The van der Waals surface area contributed by atoms with Gasteiger partial charge in [0.15, 0.2) is 11.5 Å². The van der Waals surface area contributed by atoms with Crippen molar-refractivity contribution in [3.63, 3.8) is 0 Å². The van der Waals surface area contributed by atoms with Crippen LogP contribution in [0.4, 0.5) is 10.5 Å². The van der Waals surface area contributed by atoms with E-state index in [1.807, 2.05) is 30.3 Å². The summed E-state index contributed by atoms with van der Waals surface area (Å²) >= 11 is 3.40. The van der Waals surface area contributed by atoms with Crippen molar-refractivity contribution in [2.24, 2.45) is 0 Å². The van der Waals surface area contributed by atoms with Gasteiger partial charge >= 0.3 is 6.03 Å². The Hall–Kier alpha value is -2.21. The molecule has 6 heteroatoms. The van der Waals surface area contributed by atoms with Gasteiger partial charge in [-0.1, -0.05) is 30.3 Å². The molecule has 2 N–H and O–H groups in total. The molecule has 0 heterocycles. The number of carbonyl (C=O) groups is 1. The molecule has 0 saturated carbocycles. The average Bonchev–Trinajstić information content (AvgIpc) is 2.55. The zero-order valence-electron chi connectivity index (χ0n) is 12.4. The van der Waals surface area contributed by atoms with Crippen molar-refractivity contribution >= 4 is 27.6 Å². The second-order valence-corrected chi connectivity index (χ2v) is 5.33. The number of benzene rings is 2. The number of carbonyl (C=O) groups excluding carboxylic acids is 1. The zero-order valence-corrected chi connectivity index (χ0v) is 13.9. The van der Waals surface area contributed by atoms with Crippen molar-refractivity contribution in [1.29, 1.82) is 0 Å². The molecule has 0 aliphatic carbocycles. The van der Waals surface area contributed by atoms with Gasteiger partial charge in [-0.25, -0.2) is 4.79 Å². The van der Waals surface area contributed by atoms with E-state index in [-0.39, 0.29) is 6.03 Å². The second kappa shape index (κ2) is 7.70. The van der Waals surface area contributed by atoms with Crippen LogP contribution in [0.25, 0.3) is 0 Å². The van der Waals surface area contributed by atoms with Crippen LogP contribution in [-0.2, 0) is 6.54 Å². The van der Waals surface area contributed by atoms with Gasteiger partial charge in [-0.15, -0.1) is 0 Å². The summed E-state index contributed by atoms with van der Waals surface area (Å²) in [5, 5.41) is 5.57. The van der Waals surface area contributed by atoms with E-state index in [1.54, 1.807) is 26.4 Å². The molecule has 0 bridgehead atoms. The van der Waals surface area contributed by atoms with Crippen LogP contribution in [-0.4, -0.2) is 20.3 Å². The van der Waals surface area contributed by atoms with E-state index in [0.29, 0.717) is 28.2 Å². The lowest BCUT2D eigenvalue weighted by molar-refractivity contribution is 0.251. The minimum absolute atomic E-state index is 0.295. The standard InChI is InChI=1S/C16H17BrN2O3/c1-21-14-8-12(17)13(9-15(14)22-2)19-16(20)18-10-11-6-4-3-5-7-11/h3-9H,10H2,1-2H3,(H2,18,19,20). The number of hydrogen-bond donors (Lipinski definition) is 2. The number of hydrogen-bond acceptors (Lipinski definition) is 3. The molecule has 22 heavy (non-hydrogen) atoms. The molecule has 0 atom stereocenters. The largest absolute Gasteiger partial charge is 0.493 e. The summed E-state index contributed by atoms with van der Waals surface area (Å²) in [6, 6.07) is 12.8. The Balaban J connectivity index is 2.02. The van der Waals surface area contributed by atoms with Crippen molar-refractivity contribution in [2.45, 2.75) is 6.54 Å². The Kier molecular flexibility index (Phi) is 5.66. The molecule has 5 nitrogen and oxygen atoms in total. The van der Waals surface area contributed by atoms with Gasteiger partial charge in [-0.3, -0.25) is 0 Å². The topological polar surface area (TPSA) is 59.6 Å². The smallest absolute Gasteiger partial charge is 0.319 e. The fourth-order valence-corrected chi connectivity index (χ4v) is 2.32. The monoisotopic (exact) mass is 364 g/mol. The van der Waals surface area contributed by atoms with Crippen LogP contribution in [0, 0.1) is 0 Å². The van der Waals surface area contributed by atoms with Crippen LogP contribution in [0.15, 0.2) is 46.9 Å². The Morgan fingerprint density at radius 3 is 2.36 bits per heavy atom. The number of ether oxygens (including phenoxy) is 2. The summed E-state index contributed by atoms with van der Waals surface area (Å²) in [5.41, 5.74) is 1.63. The first-order valence-corrected chi connectivity index (χ1v) is 7.43. The highest BCUT2D eigenvalue weighted by Crippen LogP contribution is 2.36. The van der Waals surface area contributed by atoms with Crippen molar-refractivity contribution < 1.29 is 14.3 Å². The number of amides is 2. The summed E-state index contributed by atoms with van der Waals surface area (Å²) in [5.74, 6) is 1.13. The van der Waals surface area contributed by atoms with Gasteiger partial charge in [0, 0.05) is 23.2 Å². The third-order valence-corrected chi connectivity index (χ3v) is 3.67. The molecular formula is C16H17BrN2O3. The van der Waals surface area contributed by atoms with Crippen LogP contribution >= 0.6 is 15.9 Å². The fraction of sp³-hybridized carbons (Fsp3) is 0.188. The summed E-state index contributed by atoms with van der Waals surface area (Å²) in [7, 11) is 3.11. The van der Waals surface area contributed by atoms with E-state index >= 15 is 0 Å². The third-order valence-electron chi connectivity index (χ3n) is 3.02. The zero-order chi connectivity index (χ0) is 15.9. The lowest BCUT2D eigenvalue weighted by atomic mass is 10.2. The first-order chi connectivity index (χ1) is 10.6. The quantitative estimate of drug-likeness (QED) is 0.848. The van der Waals surface area contributed by atoms with E-state index < -0.39 is 0 Å². The molecule has 2 amide bonds. The molecule has 2 aromatic carbocycles. The maximum absolute atomic E-state index is 12.0. The SMILES string of the molecule is COc1cc(Br)c(NC(=O)NCc2ccccc2)cc1OC. The second-order valence-electron chi connectivity index (χ2n) is 4.48. The molecule has 0 aliphatic heterocycles. The molecule has 0 unspecified atom stereocenters. The number of nitrogens with one attached hydrogen (secondary N) is 2. The van der Waals surface area contributed by atoms with Crippen molar-refractivity contribution in [3.8, 4) is 11.5 Å². The number of urea groups is 1. The molecule has 0 spiro atoms. The van der Waals surface area contributed by atoms with Gasteiger partial charge in [-0.2, -0.15) is 0 Å². The van der Waals surface area contributed by atoms with Gasteiger partial charge in [-0.05, 0) is 21.5 Å². The predicted octanol–water partition coefficient (Wildman–Crippen LogP) is 3.79. The van der Waals surface area contributed by atoms with Crippen LogP contribution in [0.1, 0.15) is 5.56 Å². The third kappa shape index (κ3) is 4.14. The van der Waals surface area contributed by atoms with E-state index in [0.717, 1.165) is 5.56 Å². The van der Waals surface area contributed by atoms with E-state index in [9.17, 15) is 4.79 Å².